The van der Waals surface area contributed by atoms with Gasteiger partial charge in [0.25, 0.3) is 0 Å². The number of hydrogen-bond acceptors (Lipinski definition) is 3. The third-order valence-electron chi connectivity index (χ3n) is 2.92. The molecule has 6 heteroatoms. The second kappa shape index (κ2) is 2.51. The van der Waals surface area contributed by atoms with Crippen LogP contribution in [0.1, 0.15) is 0 Å². The van der Waals surface area contributed by atoms with Gasteiger partial charge in [-0.15, -0.1) is 0 Å². The lowest BCUT2D eigenvalue weighted by Gasteiger charge is -2.14. The van der Waals surface area contributed by atoms with Crippen LogP contribution in [-0.4, -0.2) is 40.2 Å². The van der Waals surface area contributed by atoms with Crippen LogP contribution in [0.3, 0.4) is 0 Å². The van der Waals surface area contributed by atoms with Gasteiger partial charge in [0.15, 0.2) is 0 Å². The monoisotopic (exact) mass is 185 g/mol. The van der Waals surface area contributed by atoms with Crippen molar-refractivity contribution >= 4 is 11.9 Å². The summed E-state index contributed by atoms with van der Waals surface area (Å²) in [4.78, 5) is 11.9. The molecule has 2 rings (SSSR count). The van der Waals surface area contributed by atoms with Gasteiger partial charge in [0.05, 0.1) is 0 Å². The van der Waals surface area contributed by atoms with E-state index in [0.717, 1.165) is 0 Å². The summed E-state index contributed by atoms with van der Waals surface area (Å²) >= 11 is 0. The molecule has 0 aromatic heterocycles. The normalized spacial score (nSPS) is 37.4. The third-order valence-corrected chi connectivity index (χ3v) is 2.92. The van der Waals surface area contributed by atoms with E-state index in [2.05, 4.69) is 5.16 Å². The molecule has 1 saturated carbocycles. The van der Waals surface area contributed by atoms with Gasteiger partial charge >= 0.3 is 6.09 Å². The molecule has 2 fully saturated rings. The summed E-state index contributed by atoms with van der Waals surface area (Å²) in [5.74, 6) is 0.875. The van der Waals surface area contributed by atoms with Crippen LogP contribution >= 0.6 is 0 Å². The summed E-state index contributed by atoms with van der Waals surface area (Å²) in [6, 6.07) is 0. The van der Waals surface area contributed by atoms with Crippen LogP contribution < -0.4 is 5.73 Å². The number of amidine groups is 1. The molecule has 3 atom stereocenters. The number of nitrogens with two attached hydrogens (primary N) is 1. The number of nitrogens with zero attached hydrogens (tertiary/aromatic N) is 2. The maximum Gasteiger partial charge on any atom is 0.407 e. The van der Waals surface area contributed by atoms with Gasteiger partial charge in [0.2, 0.25) is 0 Å². The van der Waals surface area contributed by atoms with Crippen molar-refractivity contribution in [1.29, 1.82) is 0 Å². The highest BCUT2D eigenvalue weighted by Crippen LogP contribution is 2.51. The summed E-state index contributed by atoms with van der Waals surface area (Å²) in [6.07, 6.45) is -0.884. The molecule has 1 saturated heterocycles. The number of piperidine rings is 1. The van der Waals surface area contributed by atoms with Gasteiger partial charge in [0, 0.05) is 19.0 Å². The molecule has 1 heterocycles. The third kappa shape index (κ3) is 1.09. The summed E-state index contributed by atoms with van der Waals surface area (Å²) in [5.41, 5.74) is 5.42. The van der Waals surface area contributed by atoms with E-state index in [4.69, 9.17) is 16.0 Å². The van der Waals surface area contributed by atoms with Gasteiger partial charge in [-0.05, 0) is 11.8 Å². The van der Waals surface area contributed by atoms with Crippen molar-refractivity contribution in [3.63, 3.8) is 0 Å². The maximum absolute atomic E-state index is 10.5. The Morgan fingerprint density at radius 3 is 2.38 bits per heavy atom. The number of carbonyl (C=O) groups is 1. The molecule has 0 bridgehead atoms. The number of amides is 1. The number of fused-ring (bicyclic) bond motifs is 1. The fraction of sp³-hybridized carbons (Fsp3) is 0.714. The Labute approximate surface area is 74.6 Å². The molecule has 0 aromatic carbocycles. The smallest absolute Gasteiger partial charge is 0.407 e. The first-order valence-electron chi connectivity index (χ1n) is 4.10. The van der Waals surface area contributed by atoms with E-state index in [9.17, 15) is 4.79 Å². The van der Waals surface area contributed by atoms with E-state index in [0.29, 0.717) is 13.1 Å². The molecular weight excluding hydrogens is 174 g/mol. The maximum atomic E-state index is 10.5. The Hall–Kier alpha value is -1.46. The summed E-state index contributed by atoms with van der Waals surface area (Å²) in [7, 11) is 0. The lowest BCUT2D eigenvalue weighted by atomic mass is 10.2. The lowest BCUT2D eigenvalue weighted by Crippen LogP contribution is -2.32. The molecule has 2 aliphatic rings. The Morgan fingerprint density at radius 1 is 1.46 bits per heavy atom. The number of rotatable bonds is 1. The Kier molecular flexibility index (Phi) is 1.58. The fourth-order valence-corrected chi connectivity index (χ4v) is 2.19. The first kappa shape index (κ1) is 8.15. The highest BCUT2D eigenvalue weighted by atomic mass is 16.4. The predicted octanol–water partition coefficient (Wildman–Crippen LogP) is -0.411. The Bertz CT molecular complexity index is 266. The van der Waals surface area contributed by atoms with Crippen LogP contribution in [0.15, 0.2) is 5.16 Å². The van der Waals surface area contributed by atoms with Crippen LogP contribution in [0.2, 0.25) is 0 Å². The van der Waals surface area contributed by atoms with E-state index in [1.54, 1.807) is 0 Å². The first-order valence-corrected chi connectivity index (χ1v) is 4.10. The van der Waals surface area contributed by atoms with Gasteiger partial charge in [-0.1, -0.05) is 5.16 Å². The van der Waals surface area contributed by atoms with Crippen molar-refractivity contribution in [3.05, 3.63) is 0 Å². The molecule has 1 aliphatic carbocycles. The number of carboxylic acid groups (broad SMARTS) is 1. The second-order valence-electron chi connectivity index (χ2n) is 3.57. The van der Waals surface area contributed by atoms with E-state index in [1.165, 1.54) is 4.90 Å². The molecule has 13 heavy (non-hydrogen) atoms. The molecule has 1 unspecified atom stereocenters. The van der Waals surface area contributed by atoms with Crippen LogP contribution in [0.4, 0.5) is 4.79 Å². The topological polar surface area (TPSA) is 99.2 Å². The Balaban J connectivity index is 1.94. The average Bonchev–Trinajstić information content (AvgIpc) is 2.58. The minimum atomic E-state index is -0.884. The van der Waals surface area contributed by atoms with Crippen LogP contribution in [0, 0.1) is 17.8 Å². The van der Waals surface area contributed by atoms with Crippen molar-refractivity contribution in [2.75, 3.05) is 13.1 Å². The molecule has 6 nitrogen and oxygen atoms in total. The molecule has 0 spiro atoms. The van der Waals surface area contributed by atoms with Gasteiger partial charge in [0.1, 0.15) is 5.84 Å². The zero-order valence-electron chi connectivity index (χ0n) is 6.92. The number of hydrogen-bond donors (Lipinski definition) is 3. The highest BCUT2D eigenvalue weighted by molar-refractivity contribution is 5.86. The predicted molar refractivity (Wildman–Crippen MR) is 43.5 cm³/mol. The fourth-order valence-electron chi connectivity index (χ4n) is 2.19. The van der Waals surface area contributed by atoms with Crippen molar-refractivity contribution in [1.82, 2.24) is 4.90 Å². The molecule has 0 radical (unpaired) electrons. The molecule has 4 N–H and O–H groups in total. The zero-order chi connectivity index (χ0) is 9.59. The SMILES string of the molecule is NC(=NO)C1[C@H]2CN(C(=O)O)C[C@@H]12. The minimum absolute atomic E-state index is 0.0978. The number of likely N-dealkylation sites (tertiary alicyclic amines) is 1. The van der Waals surface area contributed by atoms with E-state index >= 15 is 0 Å². The van der Waals surface area contributed by atoms with Gasteiger partial charge in [-0.3, -0.25) is 0 Å². The first-order chi connectivity index (χ1) is 6.15. The van der Waals surface area contributed by atoms with Gasteiger partial charge in [-0.2, -0.15) is 0 Å². The second-order valence-corrected chi connectivity index (χ2v) is 3.57. The average molecular weight is 185 g/mol. The van der Waals surface area contributed by atoms with Crippen molar-refractivity contribution < 1.29 is 15.1 Å². The van der Waals surface area contributed by atoms with E-state index in [-0.39, 0.29) is 23.6 Å². The van der Waals surface area contributed by atoms with E-state index in [1.807, 2.05) is 0 Å². The molecule has 1 amide bonds. The quantitative estimate of drug-likeness (QED) is 0.224. The van der Waals surface area contributed by atoms with Crippen molar-refractivity contribution in [2.24, 2.45) is 28.6 Å². The standard InChI is InChI=1S/C7H11N3O3/c8-6(9-13)5-3-1-10(7(11)12)2-4(3)5/h3-5,13H,1-2H2,(H2,8,9)(H,11,12)/t3-,4+,5?. The summed E-state index contributed by atoms with van der Waals surface area (Å²) < 4.78 is 0. The minimum Gasteiger partial charge on any atom is -0.465 e. The highest BCUT2D eigenvalue weighted by Gasteiger charge is 2.58. The molecule has 1 aliphatic heterocycles. The number of oxime groups is 1. The van der Waals surface area contributed by atoms with Crippen LogP contribution in [-0.2, 0) is 0 Å². The zero-order valence-corrected chi connectivity index (χ0v) is 6.92. The van der Waals surface area contributed by atoms with Gasteiger partial charge < -0.3 is 20.9 Å². The molecule has 0 aromatic rings. The van der Waals surface area contributed by atoms with Crippen molar-refractivity contribution in [3.8, 4) is 0 Å². The summed E-state index contributed by atoms with van der Waals surface area (Å²) in [5, 5.41) is 20.0. The largest absolute Gasteiger partial charge is 0.465 e. The lowest BCUT2D eigenvalue weighted by molar-refractivity contribution is 0.149. The molecular formula is C7H11N3O3. The summed E-state index contributed by atoms with van der Waals surface area (Å²) in [6.45, 7) is 1.03. The van der Waals surface area contributed by atoms with Crippen molar-refractivity contribution in [2.45, 2.75) is 0 Å². The van der Waals surface area contributed by atoms with Crippen LogP contribution in [0.5, 0.6) is 0 Å². The van der Waals surface area contributed by atoms with Gasteiger partial charge in [-0.25, -0.2) is 4.79 Å². The Morgan fingerprint density at radius 2 is 2.00 bits per heavy atom. The van der Waals surface area contributed by atoms with Crippen LogP contribution in [0.25, 0.3) is 0 Å². The van der Waals surface area contributed by atoms with E-state index < -0.39 is 6.09 Å². The molecule has 72 valence electrons.